The standard InChI is InChI=1S/C25H31Cl2NO4S/c1-17(2)28(23(29)24(3,4)5)22-11-6-18(16-21(22)27)25(12-14-32-15-13-25)33(30,31)20-9-7-19(26)8-10-20/h6-11,16-17H,12-15H2,1-5H3. The van der Waals surface area contributed by atoms with E-state index in [2.05, 4.69) is 0 Å². The van der Waals surface area contributed by atoms with Crippen LogP contribution in [0.5, 0.6) is 0 Å². The number of nitrogens with zero attached hydrogens (tertiary/aromatic N) is 1. The second-order valence-corrected chi connectivity index (χ2v) is 12.9. The van der Waals surface area contributed by atoms with Crippen LogP contribution in [-0.4, -0.2) is 33.6 Å². The van der Waals surface area contributed by atoms with Gasteiger partial charge >= 0.3 is 0 Å². The van der Waals surface area contributed by atoms with Gasteiger partial charge in [0.1, 0.15) is 4.75 Å². The number of hydrogen-bond acceptors (Lipinski definition) is 4. The minimum absolute atomic E-state index is 0.0540. The molecule has 8 heteroatoms. The zero-order chi connectivity index (χ0) is 24.6. The van der Waals surface area contributed by atoms with Crippen LogP contribution in [0.2, 0.25) is 10.0 Å². The van der Waals surface area contributed by atoms with Crippen molar-refractivity contribution in [2.45, 2.75) is 63.1 Å². The van der Waals surface area contributed by atoms with Gasteiger partial charge in [-0.3, -0.25) is 4.79 Å². The fourth-order valence-corrected chi connectivity index (χ4v) is 6.71. The fourth-order valence-electron chi connectivity index (χ4n) is 4.22. The molecule has 0 N–H and O–H groups in total. The third-order valence-corrected chi connectivity index (χ3v) is 9.17. The summed E-state index contributed by atoms with van der Waals surface area (Å²) in [5.74, 6) is -0.0540. The molecular formula is C25H31Cl2NO4S. The number of amides is 1. The first-order valence-corrected chi connectivity index (χ1v) is 13.3. The van der Waals surface area contributed by atoms with E-state index in [-0.39, 0.29) is 16.8 Å². The van der Waals surface area contributed by atoms with E-state index in [4.69, 9.17) is 27.9 Å². The quantitative estimate of drug-likeness (QED) is 0.474. The monoisotopic (exact) mass is 511 g/mol. The van der Waals surface area contributed by atoms with Crippen LogP contribution < -0.4 is 4.90 Å². The zero-order valence-electron chi connectivity index (χ0n) is 19.7. The Morgan fingerprint density at radius 3 is 2.09 bits per heavy atom. The van der Waals surface area contributed by atoms with Gasteiger partial charge in [-0.25, -0.2) is 8.42 Å². The van der Waals surface area contributed by atoms with Crippen molar-refractivity contribution in [1.29, 1.82) is 0 Å². The summed E-state index contributed by atoms with van der Waals surface area (Å²) < 4.78 is 32.1. The molecule has 0 aliphatic carbocycles. The maximum atomic E-state index is 13.9. The van der Waals surface area contributed by atoms with Gasteiger partial charge in [0.05, 0.1) is 15.6 Å². The topological polar surface area (TPSA) is 63.7 Å². The summed E-state index contributed by atoms with van der Waals surface area (Å²) >= 11 is 12.7. The Morgan fingerprint density at radius 2 is 1.61 bits per heavy atom. The Labute approximate surface area is 206 Å². The minimum atomic E-state index is -3.78. The molecule has 1 saturated heterocycles. The number of rotatable bonds is 5. The summed E-state index contributed by atoms with van der Waals surface area (Å²) in [6.07, 6.45) is 0.616. The van der Waals surface area contributed by atoms with Crippen molar-refractivity contribution in [3.8, 4) is 0 Å². The van der Waals surface area contributed by atoms with E-state index in [1.165, 1.54) is 12.1 Å². The highest BCUT2D eigenvalue weighted by atomic mass is 35.5. The maximum Gasteiger partial charge on any atom is 0.232 e. The van der Waals surface area contributed by atoms with Crippen molar-refractivity contribution < 1.29 is 17.9 Å². The molecule has 33 heavy (non-hydrogen) atoms. The van der Waals surface area contributed by atoms with E-state index in [1.54, 1.807) is 35.2 Å². The summed E-state index contributed by atoms with van der Waals surface area (Å²) in [5.41, 5.74) is 0.578. The molecule has 0 spiro atoms. The molecule has 1 heterocycles. The van der Waals surface area contributed by atoms with Crippen molar-refractivity contribution in [2.24, 2.45) is 5.41 Å². The summed E-state index contributed by atoms with van der Waals surface area (Å²) in [6.45, 7) is 10.1. The van der Waals surface area contributed by atoms with Gasteiger partial charge in [-0.15, -0.1) is 0 Å². The lowest BCUT2D eigenvalue weighted by molar-refractivity contribution is -0.126. The van der Waals surface area contributed by atoms with E-state index in [9.17, 15) is 13.2 Å². The number of carbonyl (C=O) groups excluding carboxylic acids is 1. The second kappa shape index (κ2) is 9.57. The largest absolute Gasteiger partial charge is 0.381 e. The SMILES string of the molecule is CC(C)N(C(=O)C(C)(C)C)c1ccc(C2(S(=O)(=O)c3ccc(Cl)cc3)CCOCC2)cc1Cl. The molecule has 0 radical (unpaired) electrons. The van der Waals surface area contributed by atoms with E-state index >= 15 is 0 Å². The molecule has 5 nitrogen and oxygen atoms in total. The van der Waals surface area contributed by atoms with Gasteiger partial charge in [-0.2, -0.15) is 0 Å². The molecular weight excluding hydrogens is 481 g/mol. The van der Waals surface area contributed by atoms with Gasteiger partial charge in [0.25, 0.3) is 0 Å². The minimum Gasteiger partial charge on any atom is -0.381 e. The first-order chi connectivity index (χ1) is 15.3. The van der Waals surface area contributed by atoms with Crippen LogP contribution in [0.4, 0.5) is 5.69 Å². The lowest BCUT2D eigenvalue weighted by Gasteiger charge is -2.38. The van der Waals surface area contributed by atoms with Crippen molar-refractivity contribution in [3.05, 3.63) is 58.1 Å². The van der Waals surface area contributed by atoms with Gasteiger partial charge in [0.2, 0.25) is 5.91 Å². The Morgan fingerprint density at radius 1 is 1.03 bits per heavy atom. The smallest absolute Gasteiger partial charge is 0.232 e. The van der Waals surface area contributed by atoms with Crippen molar-refractivity contribution in [1.82, 2.24) is 0 Å². The normalized spacial score (nSPS) is 16.6. The molecule has 1 aliphatic rings. The van der Waals surface area contributed by atoms with Gasteiger partial charge in [0.15, 0.2) is 9.84 Å². The first-order valence-electron chi connectivity index (χ1n) is 11.0. The first kappa shape index (κ1) is 26.0. The van der Waals surface area contributed by atoms with Gasteiger partial charge in [-0.1, -0.05) is 50.0 Å². The molecule has 1 aliphatic heterocycles. The Hall–Kier alpha value is -1.60. The number of carbonyl (C=O) groups is 1. The van der Waals surface area contributed by atoms with Crippen LogP contribution in [0.15, 0.2) is 47.4 Å². The lowest BCUT2D eigenvalue weighted by Crippen LogP contribution is -2.44. The summed E-state index contributed by atoms with van der Waals surface area (Å²) in [7, 11) is -3.78. The summed E-state index contributed by atoms with van der Waals surface area (Å²) in [4.78, 5) is 15.0. The van der Waals surface area contributed by atoms with Crippen LogP contribution >= 0.6 is 23.2 Å². The third kappa shape index (κ3) is 4.95. The molecule has 1 amide bonds. The van der Waals surface area contributed by atoms with Gasteiger partial charge < -0.3 is 9.64 Å². The second-order valence-electron chi connectivity index (χ2n) is 9.75. The van der Waals surface area contributed by atoms with Crippen LogP contribution in [0, 0.1) is 5.41 Å². The lowest BCUT2D eigenvalue weighted by atomic mass is 9.89. The van der Waals surface area contributed by atoms with Crippen LogP contribution in [-0.2, 0) is 24.1 Å². The van der Waals surface area contributed by atoms with Gasteiger partial charge in [0, 0.05) is 29.7 Å². The van der Waals surface area contributed by atoms with Gasteiger partial charge in [-0.05, 0) is 68.7 Å². The molecule has 180 valence electrons. The number of anilines is 1. The van der Waals surface area contributed by atoms with Crippen LogP contribution in [0.1, 0.15) is 53.0 Å². The number of benzene rings is 2. The maximum absolute atomic E-state index is 13.9. The van der Waals surface area contributed by atoms with Crippen LogP contribution in [0.25, 0.3) is 0 Å². The third-order valence-electron chi connectivity index (χ3n) is 6.05. The summed E-state index contributed by atoms with van der Waals surface area (Å²) in [6, 6.07) is 11.4. The molecule has 0 unspecified atom stereocenters. The number of hydrogen-bond donors (Lipinski definition) is 0. The number of sulfone groups is 1. The highest BCUT2D eigenvalue weighted by Gasteiger charge is 2.47. The molecule has 1 fully saturated rings. The average molecular weight is 512 g/mol. The number of halogens is 2. The van der Waals surface area contributed by atoms with Crippen molar-refractivity contribution in [3.63, 3.8) is 0 Å². The molecule has 0 saturated carbocycles. The fraction of sp³-hybridized carbons (Fsp3) is 0.480. The van der Waals surface area contributed by atoms with E-state index in [1.807, 2.05) is 34.6 Å². The Kier molecular flexibility index (Phi) is 7.54. The average Bonchev–Trinajstić information content (AvgIpc) is 2.74. The van der Waals surface area contributed by atoms with Crippen LogP contribution in [0.3, 0.4) is 0 Å². The predicted octanol–water partition coefficient (Wildman–Crippen LogP) is 6.26. The number of ether oxygens (including phenoxy) is 1. The zero-order valence-corrected chi connectivity index (χ0v) is 22.0. The van der Waals surface area contributed by atoms with Crippen molar-refractivity contribution >= 4 is 44.6 Å². The highest BCUT2D eigenvalue weighted by molar-refractivity contribution is 7.92. The Bertz CT molecular complexity index is 1120. The Balaban J connectivity index is 2.13. The predicted molar refractivity (Wildman–Crippen MR) is 134 cm³/mol. The van der Waals surface area contributed by atoms with E-state index in [0.717, 1.165) is 0 Å². The van der Waals surface area contributed by atoms with E-state index < -0.39 is 20.0 Å². The summed E-state index contributed by atoms with van der Waals surface area (Å²) in [5, 5.41) is 0.815. The molecule has 0 atom stereocenters. The molecule has 2 aromatic rings. The van der Waals surface area contributed by atoms with Crippen molar-refractivity contribution in [2.75, 3.05) is 18.1 Å². The molecule has 0 aromatic heterocycles. The molecule has 0 bridgehead atoms. The highest BCUT2D eigenvalue weighted by Crippen LogP contribution is 2.46. The molecule has 2 aromatic carbocycles. The molecule has 3 rings (SSSR count). The van der Waals surface area contributed by atoms with E-state index in [0.29, 0.717) is 47.4 Å².